The molecule has 1 aromatic heterocycles. The average Bonchev–Trinajstić information content (AvgIpc) is 2.78. The molecule has 0 atom stereocenters. The average molecular weight is 310 g/mol. The van der Waals surface area contributed by atoms with E-state index >= 15 is 0 Å². The third-order valence-corrected chi connectivity index (χ3v) is 2.93. The van der Waals surface area contributed by atoms with E-state index in [2.05, 4.69) is 20.9 Å². The maximum atomic E-state index is 10.9. The molecule has 0 spiro atoms. The SMILES string of the molecule is O=Cc1nccn1Cc1ccc(Br)cc1[N+](=O)[O-]. The summed E-state index contributed by atoms with van der Waals surface area (Å²) < 4.78 is 2.20. The molecule has 0 saturated heterocycles. The van der Waals surface area contributed by atoms with Gasteiger partial charge in [0.1, 0.15) is 0 Å². The van der Waals surface area contributed by atoms with E-state index in [9.17, 15) is 14.9 Å². The van der Waals surface area contributed by atoms with Crippen LogP contribution in [0.4, 0.5) is 5.69 Å². The van der Waals surface area contributed by atoms with Crippen molar-refractivity contribution < 1.29 is 9.72 Å². The summed E-state index contributed by atoms with van der Waals surface area (Å²) in [7, 11) is 0. The Morgan fingerprint density at radius 1 is 1.50 bits per heavy atom. The number of aldehydes is 1. The van der Waals surface area contributed by atoms with E-state index in [1.54, 1.807) is 22.9 Å². The van der Waals surface area contributed by atoms with Gasteiger partial charge in [0.05, 0.1) is 11.5 Å². The summed E-state index contributed by atoms with van der Waals surface area (Å²) in [6.45, 7) is 0.234. The van der Waals surface area contributed by atoms with Crippen molar-refractivity contribution >= 4 is 27.9 Å². The van der Waals surface area contributed by atoms with Gasteiger partial charge >= 0.3 is 0 Å². The van der Waals surface area contributed by atoms with Crippen LogP contribution in [0.1, 0.15) is 16.2 Å². The molecule has 2 rings (SSSR count). The smallest absolute Gasteiger partial charge is 0.275 e. The van der Waals surface area contributed by atoms with Crippen LogP contribution in [-0.4, -0.2) is 20.8 Å². The van der Waals surface area contributed by atoms with Gasteiger partial charge in [-0.15, -0.1) is 0 Å². The van der Waals surface area contributed by atoms with Crippen LogP contribution in [0.3, 0.4) is 0 Å². The van der Waals surface area contributed by atoms with Gasteiger partial charge in [0.15, 0.2) is 12.1 Å². The largest absolute Gasteiger partial charge is 0.324 e. The Labute approximate surface area is 111 Å². The second-order valence-corrected chi connectivity index (χ2v) is 4.48. The summed E-state index contributed by atoms with van der Waals surface area (Å²) in [5, 5.41) is 10.9. The van der Waals surface area contributed by atoms with Crippen LogP contribution in [0.25, 0.3) is 0 Å². The number of hydrogen-bond acceptors (Lipinski definition) is 4. The van der Waals surface area contributed by atoms with Crippen LogP contribution in [0.15, 0.2) is 35.1 Å². The monoisotopic (exact) mass is 309 g/mol. The first kappa shape index (κ1) is 12.4. The summed E-state index contributed by atoms with van der Waals surface area (Å²) in [6, 6.07) is 4.81. The lowest BCUT2D eigenvalue weighted by Gasteiger charge is -2.05. The number of hydrogen-bond donors (Lipinski definition) is 0. The minimum Gasteiger partial charge on any atom is -0.324 e. The number of rotatable bonds is 4. The van der Waals surface area contributed by atoms with E-state index in [1.165, 1.54) is 12.3 Å². The predicted molar refractivity (Wildman–Crippen MR) is 67.5 cm³/mol. The van der Waals surface area contributed by atoms with Gasteiger partial charge in [-0.2, -0.15) is 0 Å². The highest BCUT2D eigenvalue weighted by Crippen LogP contribution is 2.24. The molecule has 0 aliphatic heterocycles. The van der Waals surface area contributed by atoms with Gasteiger partial charge in [-0.25, -0.2) is 4.98 Å². The molecule has 0 aliphatic rings. The molecule has 1 heterocycles. The molecule has 0 unspecified atom stereocenters. The molecule has 0 bridgehead atoms. The summed E-state index contributed by atoms with van der Waals surface area (Å²) in [6.07, 6.45) is 3.70. The quantitative estimate of drug-likeness (QED) is 0.493. The lowest BCUT2D eigenvalue weighted by atomic mass is 10.2. The molecule has 0 aliphatic carbocycles. The van der Waals surface area contributed by atoms with Crippen molar-refractivity contribution in [1.82, 2.24) is 9.55 Å². The Bertz CT molecular complexity index is 609. The highest BCUT2D eigenvalue weighted by molar-refractivity contribution is 9.10. The molecule has 2 aromatic rings. The number of nitro benzene ring substituents is 1. The van der Waals surface area contributed by atoms with Gasteiger partial charge in [0, 0.05) is 28.5 Å². The van der Waals surface area contributed by atoms with Crippen LogP contribution >= 0.6 is 15.9 Å². The highest BCUT2D eigenvalue weighted by atomic mass is 79.9. The van der Waals surface area contributed by atoms with E-state index in [-0.39, 0.29) is 18.1 Å². The molecule has 0 amide bonds. The number of benzene rings is 1. The summed E-state index contributed by atoms with van der Waals surface area (Å²) in [5.74, 6) is 0.243. The summed E-state index contributed by atoms with van der Waals surface area (Å²) in [4.78, 5) is 25.1. The van der Waals surface area contributed by atoms with Crippen molar-refractivity contribution in [3.63, 3.8) is 0 Å². The summed E-state index contributed by atoms with van der Waals surface area (Å²) in [5.41, 5.74) is 0.527. The standard InChI is InChI=1S/C11H8BrN3O3/c12-9-2-1-8(10(5-9)15(17)18)6-14-4-3-13-11(14)7-16/h1-5,7H,6H2. The fraction of sp³-hybridized carbons (Fsp3) is 0.0909. The van der Waals surface area contributed by atoms with Gasteiger partial charge in [-0.05, 0) is 12.1 Å². The Kier molecular flexibility index (Phi) is 3.52. The molecule has 6 nitrogen and oxygen atoms in total. The number of nitrogens with zero attached hydrogens (tertiary/aromatic N) is 3. The Morgan fingerprint density at radius 2 is 2.28 bits per heavy atom. The van der Waals surface area contributed by atoms with Crippen molar-refractivity contribution in [2.24, 2.45) is 0 Å². The number of carbonyl (C=O) groups is 1. The van der Waals surface area contributed by atoms with Crippen LogP contribution in [-0.2, 0) is 6.54 Å². The molecule has 92 valence electrons. The lowest BCUT2D eigenvalue weighted by Crippen LogP contribution is -2.05. The topological polar surface area (TPSA) is 78.0 Å². The number of carbonyl (C=O) groups excluding carboxylic acids is 1. The zero-order valence-electron chi connectivity index (χ0n) is 9.12. The Balaban J connectivity index is 2.40. The lowest BCUT2D eigenvalue weighted by molar-refractivity contribution is -0.385. The zero-order chi connectivity index (χ0) is 13.1. The maximum absolute atomic E-state index is 10.9. The predicted octanol–water partition coefficient (Wildman–Crippen LogP) is 2.41. The number of nitro groups is 1. The van der Waals surface area contributed by atoms with E-state index < -0.39 is 4.92 Å². The van der Waals surface area contributed by atoms with Crippen LogP contribution < -0.4 is 0 Å². The van der Waals surface area contributed by atoms with Crippen LogP contribution in [0, 0.1) is 10.1 Å². The first-order chi connectivity index (χ1) is 8.61. The van der Waals surface area contributed by atoms with Crippen molar-refractivity contribution in [2.45, 2.75) is 6.54 Å². The second kappa shape index (κ2) is 5.09. The highest BCUT2D eigenvalue weighted by Gasteiger charge is 2.15. The molecule has 1 aromatic carbocycles. The normalized spacial score (nSPS) is 10.3. The second-order valence-electron chi connectivity index (χ2n) is 3.56. The number of imidazole rings is 1. The van der Waals surface area contributed by atoms with Gasteiger partial charge in [0.2, 0.25) is 0 Å². The molecule has 7 heteroatoms. The van der Waals surface area contributed by atoms with Gasteiger partial charge in [-0.1, -0.05) is 15.9 Å². The Morgan fingerprint density at radius 3 is 2.94 bits per heavy atom. The maximum Gasteiger partial charge on any atom is 0.275 e. The van der Waals surface area contributed by atoms with Crippen LogP contribution in [0.2, 0.25) is 0 Å². The molecular weight excluding hydrogens is 302 g/mol. The van der Waals surface area contributed by atoms with Crippen molar-refractivity contribution in [3.8, 4) is 0 Å². The minimum atomic E-state index is -0.447. The summed E-state index contributed by atoms with van der Waals surface area (Å²) >= 11 is 3.19. The fourth-order valence-corrected chi connectivity index (χ4v) is 1.95. The molecular formula is C11H8BrN3O3. The molecule has 0 fully saturated rings. The first-order valence-electron chi connectivity index (χ1n) is 5.01. The Hall–Kier alpha value is -2.02. The van der Waals surface area contributed by atoms with Gasteiger partial charge in [0.25, 0.3) is 5.69 Å². The van der Waals surface area contributed by atoms with Crippen molar-refractivity contribution in [1.29, 1.82) is 0 Å². The van der Waals surface area contributed by atoms with Crippen molar-refractivity contribution in [3.05, 3.63) is 56.6 Å². The third-order valence-electron chi connectivity index (χ3n) is 2.44. The van der Waals surface area contributed by atoms with E-state index in [4.69, 9.17) is 0 Å². The van der Waals surface area contributed by atoms with Gasteiger partial charge in [-0.3, -0.25) is 14.9 Å². The molecule has 0 saturated carbocycles. The van der Waals surface area contributed by atoms with E-state index in [1.807, 2.05) is 0 Å². The molecule has 0 N–H and O–H groups in total. The minimum absolute atomic E-state index is 0.00919. The molecule has 0 radical (unpaired) electrons. The van der Waals surface area contributed by atoms with Crippen molar-refractivity contribution in [2.75, 3.05) is 0 Å². The first-order valence-corrected chi connectivity index (χ1v) is 5.80. The number of aromatic nitrogens is 2. The molecule has 18 heavy (non-hydrogen) atoms. The fourth-order valence-electron chi connectivity index (χ4n) is 1.60. The van der Waals surface area contributed by atoms with Gasteiger partial charge < -0.3 is 4.57 Å². The third kappa shape index (κ3) is 2.45. The zero-order valence-corrected chi connectivity index (χ0v) is 10.7. The van der Waals surface area contributed by atoms with Crippen LogP contribution in [0.5, 0.6) is 0 Å². The number of halogens is 1. The van der Waals surface area contributed by atoms with E-state index in [0.29, 0.717) is 16.3 Å². The van der Waals surface area contributed by atoms with E-state index in [0.717, 1.165) is 0 Å².